The summed E-state index contributed by atoms with van der Waals surface area (Å²) in [5.74, 6) is 0.226. The molecule has 0 amide bonds. The van der Waals surface area contributed by atoms with Gasteiger partial charge < -0.3 is 10.4 Å². The number of hydrogen-bond acceptors (Lipinski definition) is 2. The van der Waals surface area contributed by atoms with Crippen molar-refractivity contribution in [3.63, 3.8) is 0 Å². The zero-order valence-corrected chi connectivity index (χ0v) is 11.0. The van der Waals surface area contributed by atoms with Gasteiger partial charge in [0.1, 0.15) is 5.82 Å². The molecule has 0 radical (unpaired) electrons. The molecule has 0 heterocycles. The number of aliphatic hydroxyl groups is 1. The number of rotatable bonds is 5. The zero-order chi connectivity index (χ0) is 13.1. The molecule has 96 valence electrons. The first-order valence-electron chi connectivity index (χ1n) is 6.02. The van der Waals surface area contributed by atoms with Crippen molar-refractivity contribution in [3.8, 4) is 0 Å². The fourth-order valence-corrected chi connectivity index (χ4v) is 1.75. The summed E-state index contributed by atoms with van der Waals surface area (Å²) in [5.41, 5.74) is 0.400. The van der Waals surface area contributed by atoms with Crippen LogP contribution in [0.15, 0.2) is 18.2 Å². The summed E-state index contributed by atoms with van der Waals surface area (Å²) in [5, 5.41) is 13.5. The van der Waals surface area contributed by atoms with Crippen molar-refractivity contribution in [2.24, 2.45) is 5.92 Å². The standard InChI is InChI=1S/C14H22FNO/c1-10(2)8-16-9-14(4,17)12-5-11(3)6-13(15)7-12/h5-7,10,16-17H,8-9H2,1-4H3. The predicted molar refractivity (Wildman–Crippen MR) is 68.4 cm³/mol. The molecule has 1 rings (SSSR count). The second-order valence-corrected chi connectivity index (χ2v) is 5.32. The Morgan fingerprint density at radius 2 is 2.00 bits per heavy atom. The van der Waals surface area contributed by atoms with E-state index in [0.29, 0.717) is 18.0 Å². The summed E-state index contributed by atoms with van der Waals surface area (Å²) >= 11 is 0. The third-order valence-electron chi connectivity index (χ3n) is 2.69. The monoisotopic (exact) mass is 239 g/mol. The number of halogens is 1. The van der Waals surface area contributed by atoms with E-state index in [1.54, 1.807) is 6.92 Å². The lowest BCUT2D eigenvalue weighted by Crippen LogP contribution is -2.37. The highest BCUT2D eigenvalue weighted by molar-refractivity contribution is 5.28. The van der Waals surface area contributed by atoms with E-state index in [4.69, 9.17) is 0 Å². The molecule has 1 atom stereocenters. The van der Waals surface area contributed by atoms with Gasteiger partial charge in [-0.15, -0.1) is 0 Å². The molecule has 3 heteroatoms. The Hall–Kier alpha value is -0.930. The van der Waals surface area contributed by atoms with Gasteiger partial charge in [0.2, 0.25) is 0 Å². The molecule has 2 N–H and O–H groups in total. The summed E-state index contributed by atoms with van der Waals surface area (Å²) in [6, 6.07) is 4.67. The maximum Gasteiger partial charge on any atom is 0.123 e. The lowest BCUT2D eigenvalue weighted by Gasteiger charge is -2.25. The van der Waals surface area contributed by atoms with Crippen molar-refractivity contribution < 1.29 is 9.50 Å². The minimum absolute atomic E-state index is 0.302. The summed E-state index contributed by atoms with van der Waals surface area (Å²) in [7, 11) is 0. The first-order valence-corrected chi connectivity index (χ1v) is 6.02. The van der Waals surface area contributed by atoms with Crippen LogP contribution in [0.25, 0.3) is 0 Å². The summed E-state index contributed by atoms with van der Waals surface area (Å²) in [4.78, 5) is 0. The topological polar surface area (TPSA) is 32.3 Å². The van der Waals surface area contributed by atoms with E-state index < -0.39 is 5.60 Å². The molecule has 0 saturated carbocycles. The molecule has 2 nitrogen and oxygen atoms in total. The minimum Gasteiger partial charge on any atom is -0.384 e. The Morgan fingerprint density at radius 1 is 1.35 bits per heavy atom. The van der Waals surface area contributed by atoms with E-state index in [9.17, 15) is 9.50 Å². The van der Waals surface area contributed by atoms with Crippen molar-refractivity contribution in [1.82, 2.24) is 5.32 Å². The van der Waals surface area contributed by atoms with E-state index >= 15 is 0 Å². The Labute approximate surface area is 103 Å². The predicted octanol–water partition coefficient (Wildman–Crippen LogP) is 2.59. The lowest BCUT2D eigenvalue weighted by atomic mass is 9.94. The van der Waals surface area contributed by atoms with Crippen LogP contribution in [0.2, 0.25) is 0 Å². The molecular weight excluding hydrogens is 217 g/mol. The maximum absolute atomic E-state index is 13.3. The first-order chi connectivity index (χ1) is 7.81. The molecule has 1 unspecified atom stereocenters. The fraction of sp³-hybridized carbons (Fsp3) is 0.571. The summed E-state index contributed by atoms with van der Waals surface area (Å²) in [6.45, 7) is 9.00. The number of aryl methyl sites for hydroxylation is 1. The number of nitrogens with one attached hydrogen (secondary N) is 1. The van der Waals surface area contributed by atoms with Crippen LogP contribution in [0.3, 0.4) is 0 Å². The van der Waals surface area contributed by atoms with E-state index in [-0.39, 0.29) is 5.82 Å². The second kappa shape index (κ2) is 5.61. The number of hydrogen-bond donors (Lipinski definition) is 2. The quantitative estimate of drug-likeness (QED) is 0.827. The van der Waals surface area contributed by atoms with Gasteiger partial charge in [-0.05, 0) is 49.6 Å². The van der Waals surface area contributed by atoms with Crippen LogP contribution >= 0.6 is 0 Å². The van der Waals surface area contributed by atoms with Gasteiger partial charge >= 0.3 is 0 Å². The highest BCUT2D eigenvalue weighted by atomic mass is 19.1. The normalized spacial score (nSPS) is 15.0. The van der Waals surface area contributed by atoms with Crippen molar-refractivity contribution >= 4 is 0 Å². The molecule has 1 aromatic carbocycles. The smallest absolute Gasteiger partial charge is 0.123 e. The molecule has 0 bridgehead atoms. The van der Waals surface area contributed by atoms with Gasteiger partial charge in [-0.1, -0.05) is 19.9 Å². The molecule has 0 fully saturated rings. The van der Waals surface area contributed by atoms with Gasteiger partial charge in [-0.25, -0.2) is 4.39 Å². The highest BCUT2D eigenvalue weighted by Gasteiger charge is 2.23. The van der Waals surface area contributed by atoms with Crippen LogP contribution < -0.4 is 5.32 Å². The molecule has 0 spiro atoms. The van der Waals surface area contributed by atoms with Crippen LogP contribution in [0.1, 0.15) is 31.9 Å². The Bertz CT molecular complexity index is 354. The van der Waals surface area contributed by atoms with Gasteiger partial charge in [0.15, 0.2) is 0 Å². The SMILES string of the molecule is Cc1cc(F)cc(C(C)(O)CNCC(C)C)c1. The summed E-state index contributed by atoms with van der Waals surface area (Å²) < 4.78 is 13.3. The maximum atomic E-state index is 13.3. The third kappa shape index (κ3) is 4.44. The average Bonchev–Trinajstić information content (AvgIpc) is 2.14. The van der Waals surface area contributed by atoms with Crippen molar-refractivity contribution in [2.75, 3.05) is 13.1 Å². The zero-order valence-electron chi connectivity index (χ0n) is 11.0. The molecule has 0 aromatic heterocycles. The van der Waals surface area contributed by atoms with Gasteiger partial charge in [0.25, 0.3) is 0 Å². The fourth-order valence-electron chi connectivity index (χ4n) is 1.75. The minimum atomic E-state index is -1.04. The van der Waals surface area contributed by atoms with E-state index in [0.717, 1.165) is 12.1 Å². The Balaban J connectivity index is 2.74. The third-order valence-corrected chi connectivity index (χ3v) is 2.69. The van der Waals surface area contributed by atoms with Gasteiger partial charge in [-0.2, -0.15) is 0 Å². The molecule has 1 aromatic rings. The molecular formula is C14H22FNO. The van der Waals surface area contributed by atoms with Gasteiger partial charge in [0, 0.05) is 6.54 Å². The van der Waals surface area contributed by atoms with E-state index in [2.05, 4.69) is 19.2 Å². The van der Waals surface area contributed by atoms with Crippen molar-refractivity contribution in [2.45, 2.75) is 33.3 Å². The second-order valence-electron chi connectivity index (χ2n) is 5.32. The highest BCUT2D eigenvalue weighted by Crippen LogP contribution is 2.22. The van der Waals surface area contributed by atoms with Crippen LogP contribution in [-0.2, 0) is 5.60 Å². The molecule has 17 heavy (non-hydrogen) atoms. The van der Waals surface area contributed by atoms with Crippen LogP contribution in [0, 0.1) is 18.7 Å². The summed E-state index contributed by atoms with van der Waals surface area (Å²) in [6.07, 6.45) is 0. The molecule has 0 aliphatic carbocycles. The van der Waals surface area contributed by atoms with Crippen molar-refractivity contribution in [1.29, 1.82) is 0 Å². The Kier molecular flexibility index (Phi) is 4.66. The lowest BCUT2D eigenvalue weighted by molar-refractivity contribution is 0.0560. The van der Waals surface area contributed by atoms with Gasteiger partial charge in [0.05, 0.1) is 5.60 Å². The molecule has 0 aliphatic rings. The first kappa shape index (κ1) is 14.1. The average molecular weight is 239 g/mol. The Morgan fingerprint density at radius 3 is 2.53 bits per heavy atom. The van der Waals surface area contributed by atoms with Crippen molar-refractivity contribution in [3.05, 3.63) is 35.1 Å². The largest absolute Gasteiger partial charge is 0.384 e. The molecule has 0 saturated heterocycles. The van der Waals surface area contributed by atoms with Crippen LogP contribution in [-0.4, -0.2) is 18.2 Å². The van der Waals surface area contributed by atoms with Gasteiger partial charge in [-0.3, -0.25) is 0 Å². The van der Waals surface area contributed by atoms with E-state index in [1.165, 1.54) is 12.1 Å². The number of benzene rings is 1. The van der Waals surface area contributed by atoms with Crippen LogP contribution in [0.4, 0.5) is 4.39 Å². The molecule has 0 aliphatic heterocycles. The van der Waals surface area contributed by atoms with Crippen LogP contribution in [0.5, 0.6) is 0 Å². The van der Waals surface area contributed by atoms with E-state index in [1.807, 2.05) is 13.0 Å².